The molecule has 0 spiro atoms. The zero-order valence-electron chi connectivity index (χ0n) is 12.0. The average Bonchev–Trinajstić information content (AvgIpc) is 2.60. The van der Waals surface area contributed by atoms with Crippen LogP contribution in [0.25, 0.3) is 6.08 Å². The number of benzene rings is 1. The van der Waals surface area contributed by atoms with E-state index < -0.39 is 5.91 Å². The molecule has 0 aliphatic heterocycles. The van der Waals surface area contributed by atoms with Gasteiger partial charge in [-0.05, 0) is 29.8 Å². The Morgan fingerprint density at radius 3 is 2.74 bits per heavy atom. The van der Waals surface area contributed by atoms with Crippen molar-refractivity contribution in [2.45, 2.75) is 0 Å². The summed E-state index contributed by atoms with van der Waals surface area (Å²) >= 11 is 0. The summed E-state index contributed by atoms with van der Waals surface area (Å²) in [6.07, 6.45) is 7.37. The molecule has 0 aliphatic rings. The number of nitrogens with one attached hydrogen (secondary N) is 2. The fourth-order valence-corrected chi connectivity index (χ4v) is 1.68. The molecule has 0 saturated carbocycles. The van der Waals surface area contributed by atoms with Crippen molar-refractivity contribution in [3.8, 4) is 0 Å². The summed E-state index contributed by atoms with van der Waals surface area (Å²) in [4.78, 5) is 26.9. The zero-order valence-corrected chi connectivity index (χ0v) is 12.0. The molecule has 0 fully saturated rings. The van der Waals surface area contributed by atoms with Gasteiger partial charge in [-0.15, -0.1) is 0 Å². The van der Waals surface area contributed by atoms with E-state index in [2.05, 4.69) is 15.5 Å². The van der Waals surface area contributed by atoms with Gasteiger partial charge in [-0.1, -0.05) is 18.2 Å². The fraction of sp³-hybridized carbons (Fsp3) is 0. The minimum atomic E-state index is -0.652. The van der Waals surface area contributed by atoms with Crippen LogP contribution in [0.2, 0.25) is 0 Å². The van der Waals surface area contributed by atoms with Crippen molar-refractivity contribution in [2.24, 2.45) is 5.10 Å². The van der Waals surface area contributed by atoms with Crippen LogP contribution >= 0.6 is 0 Å². The predicted octanol–water partition coefficient (Wildman–Crippen LogP) is 1.36. The van der Waals surface area contributed by atoms with Gasteiger partial charge in [0.25, 0.3) is 11.8 Å². The van der Waals surface area contributed by atoms with Gasteiger partial charge in [0.2, 0.25) is 0 Å². The van der Waals surface area contributed by atoms with E-state index in [9.17, 15) is 9.59 Å². The number of hydrogen-bond acceptors (Lipinski definition) is 5. The van der Waals surface area contributed by atoms with Gasteiger partial charge in [0.1, 0.15) is 0 Å². The van der Waals surface area contributed by atoms with Crippen LogP contribution in [0.4, 0.5) is 0 Å². The van der Waals surface area contributed by atoms with E-state index in [0.717, 1.165) is 11.6 Å². The fourth-order valence-electron chi connectivity index (χ4n) is 1.68. The number of amides is 2. The number of hydroxylamine groups is 1. The van der Waals surface area contributed by atoms with Crippen LogP contribution in [0, 0.1) is 0 Å². The van der Waals surface area contributed by atoms with Gasteiger partial charge in [0.05, 0.1) is 6.21 Å². The number of pyridine rings is 1. The second-order valence-corrected chi connectivity index (χ2v) is 4.42. The van der Waals surface area contributed by atoms with E-state index in [4.69, 9.17) is 5.21 Å². The molecule has 3 N–H and O–H groups in total. The third-order valence-corrected chi connectivity index (χ3v) is 2.75. The summed E-state index contributed by atoms with van der Waals surface area (Å²) in [5.74, 6) is -1.03. The summed E-state index contributed by atoms with van der Waals surface area (Å²) in [6, 6.07) is 10.2. The maximum atomic E-state index is 12.0. The first-order valence-corrected chi connectivity index (χ1v) is 6.64. The maximum absolute atomic E-state index is 12.0. The van der Waals surface area contributed by atoms with E-state index in [0.29, 0.717) is 11.1 Å². The van der Waals surface area contributed by atoms with Crippen LogP contribution in [0.15, 0.2) is 60.0 Å². The monoisotopic (exact) mass is 310 g/mol. The highest BCUT2D eigenvalue weighted by Gasteiger charge is 2.04. The Morgan fingerprint density at radius 2 is 2.00 bits per heavy atom. The van der Waals surface area contributed by atoms with Crippen molar-refractivity contribution in [3.05, 3.63) is 71.6 Å². The Morgan fingerprint density at radius 1 is 1.17 bits per heavy atom. The second-order valence-electron chi connectivity index (χ2n) is 4.42. The average molecular weight is 310 g/mol. The standard InChI is InChI=1S/C16H14N4O3/c21-15(20-23)7-6-12-3-1-5-14(9-12)16(22)19-18-11-13-4-2-8-17-10-13/h1-11,23H,(H,19,22)(H,20,21)/b7-6+,18-11+. The molecule has 1 heterocycles. The lowest BCUT2D eigenvalue weighted by Gasteiger charge is -2.01. The van der Waals surface area contributed by atoms with Crippen molar-refractivity contribution in [1.29, 1.82) is 0 Å². The van der Waals surface area contributed by atoms with Crippen molar-refractivity contribution < 1.29 is 14.8 Å². The largest absolute Gasteiger partial charge is 0.288 e. The summed E-state index contributed by atoms with van der Waals surface area (Å²) in [5, 5.41) is 12.3. The van der Waals surface area contributed by atoms with Crippen LogP contribution in [0.5, 0.6) is 0 Å². The molecule has 0 bridgehead atoms. The molecule has 0 unspecified atom stereocenters. The van der Waals surface area contributed by atoms with Gasteiger partial charge < -0.3 is 0 Å². The maximum Gasteiger partial charge on any atom is 0.271 e. The van der Waals surface area contributed by atoms with Crippen LogP contribution in [-0.4, -0.2) is 28.2 Å². The van der Waals surface area contributed by atoms with Gasteiger partial charge in [0.15, 0.2) is 0 Å². The molecule has 1 aromatic carbocycles. The Bertz CT molecular complexity index is 742. The van der Waals surface area contributed by atoms with Crippen molar-refractivity contribution in [2.75, 3.05) is 0 Å². The van der Waals surface area contributed by atoms with Gasteiger partial charge >= 0.3 is 0 Å². The lowest BCUT2D eigenvalue weighted by molar-refractivity contribution is -0.124. The number of nitrogens with zero attached hydrogens (tertiary/aromatic N) is 2. The highest BCUT2D eigenvalue weighted by Crippen LogP contribution is 2.07. The van der Waals surface area contributed by atoms with Gasteiger partial charge in [-0.2, -0.15) is 5.10 Å². The lowest BCUT2D eigenvalue weighted by Crippen LogP contribution is -2.17. The minimum Gasteiger partial charge on any atom is -0.288 e. The molecular formula is C16H14N4O3. The lowest BCUT2D eigenvalue weighted by atomic mass is 10.1. The molecule has 0 aliphatic carbocycles. The molecule has 0 radical (unpaired) electrons. The normalized spacial score (nSPS) is 10.8. The number of hydrazone groups is 1. The Kier molecular flexibility index (Phi) is 5.73. The second kappa shape index (κ2) is 8.20. The zero-order chi connectivity index (χ0) is 16.5. The van der Waals surface area contributed by atoms with E-state index in [-0.39, 0.29) is 5.91 Å². The summed E-state index contributed by atoms with van der Waals surface area (Å²) < 4.78 is 0. The Balaban J connectivity index is 2.01. The van der Waals surface area contributed by atoms with E-state index in [1.165, 1.54) is 17.8 Å². The smallest absolute Gasteiger partial charge is 0.271 e. The number of carbonyl (C=O) groups is 2. The van der Waals surface area contributed by atoms with Gasteiger partial charge in [-0.3, -0.25) is 19.8 Å². The minimum absolute atomic E-state index is 0.382. The van der Waals surface area contributed by atoms with Crippen LogP contribution < -0.4 is 10.9 Å². The molecule has 2 rings (SSSR count). The predicted molar refractivity (Wildman–Crippen MR) is 84.7 cm³/mol. The summed E-state index contributed by atoms with van der Waals surface area (Å²) in [5.41, 5.74) is 5.69. The van der Waals surface area contributed by atoms with Gasteiger partial charge in [-0.25, -0.2) is 10.9 Å². The van der Waals surface area contributed by atoms with Crippen molar-refractivity contribution in [3.63, 3.8) is 0 Å². The first-order valence-electron chi connectivity index (χ1n) is 6.64. The summed E-state index contributed by atoms with van der Waals surface area (Å²) in [6.45, 7) is 0. The Labute approximate surface area is 132 Å². The highest BCUT2D eigenvalue weighted by molar-refractivity contribution is 5.96. The molecule has 0 saturated heterocycles. The molecule has 7 heteroatoms. The molecule has 1 aromatic heterocycles. The number of hydrogen-bond donors (Lipinski definition) is 3. The molecule has 116 valence electrons. The first-order chi connectivity index (χ1) is 11.2. The number of rotatable bonds is 5. The first kappa shape index (κ1) is 16.1. The Hall–Kier alpha value is -3.32. The van der Waals surface area contributed by atoms with E-state index in [1.807, 2.05) is 0 Å². The molecule has 23 heavy (non-hydrogen) atoms. The third kappa shape index (κ3) is 5.18. The topological polar surface area (TPSA) is 104 Å². The molecule has 7 nitrogen and oxygen atoms in total. The van der Waals surface area contributed by atoms with Crippen LogP contribution in [0.3, 0.4) is 0 Å². The quantitative estimate of drug-likeness (QED) is 0.336. The molecule has 2 amide bonds. The van der Waals surface area contributed by atoms with Crippen LogP contribution in [-0.2, 0) is 4.79 Å². The number of carbonyl (C=O) groups excluding carboxylic acids is 2. The SMILES string of the molecule is O=C(/C=C/c1cccc(C(=O)N/N=C/c2cccnc2)c1)NO. The molecule has 2 aromatic rings. The summed E-state index contributed by atoms with van der Waals surface area (Å²) in [7, 11) is 0. The van der Waals surface area contributed by atoms with Crippen molar-refractivity contribution in [1.82, 2.24) is 15.9 Å². The number of aromatic nitrogens is 1. The van der Waals surface area contributed by atoms with E-state index in [1.54, 1.807) is 48.8 Å². The molecule has 0 atom stereocenters. The van der Waals surface area contributed by atoms with Crippen molar-refractivity contribution >= 4 is 24.1 Å². The van der Waals surface area contributed by atoms with Gasteiger partial charge in [0, 0.05) is 29.6 Å². The van der Waals surface area contributed by atoms with Crippen LogP contribution in [0.1, 0.15) is 21.5 Å². The third-order valence-electron chi connectivity index (χ3n) is 2.75. The highest BCUT2D eigenvalue weighted by atomic mass is 16.5. The van der Waals surface area contributed by atoms with E-state index >= 15 is 0 Å². The molecular weight excluding hydrogens is 296 g/mol.